The van der Waals surface area contributed by atoms with E-state index in [1.807, 2.05) is 13.0 Å². The van der Waals surface area contributed by atoms with Gasteiger partial charge in [-0.15, -0.1) is 0 Å². The Labute approximate surface area is 193 Å². The summed E-state index contributed by atoms with van der Waals surface area (Å²) in [6.07, 6.45) is 1.40. The first-order valence-electron chi connectivity index (χ1n) is 9.31. The van der Waals surface area contributed by atoms with Crippen LogP contribution in [-0.2, 0) is 14.3 Å². The van der Waals surface area contributed by atoms with Crippen LogP contribution in [0.3, 0.4) is 0 Å². The zero-order valence-corrected chi connectivity index (χ0v) is 19.2. The van der Waals surface area contributed by atoms with E-state index < -0.39 is 11.9 Å². The SMILES string of the molecule is CCOC(=O)COc1c(Cl)cc(/C=C(/C#N)C(=O)Nc2ccc(OCC)cc2)cc1Br. The van der Waals surface area contributed by atoms with Crippen LogP contribution in [0.5, 0.6) is 11.5 Å². The maximum absolute atomic E-state index is 12.5. The van der Waals surface area contributed by atoms with E-state index in [2.05, 4.69) is 21.2 Å². The summed E-state index contributed by atoms with van der Waals surface area (Å²) in [5.41, 5.74) is 0.910. The minimum Gasteiger partial charge on any atom is -0.494 e. The highest BCUT2D eigenvalue weighted by Gasteiger charge is 2.14. The molecule has 2 rings (SSSR count). The third-order valence-corrected chi connectivity index (χ3v) is 4.63. The highest BCUT2D eigenvalue weighted by atomic mass is 79.9. The Bertz CT molecular complexity index is 993. The number of nitrogens with zero attached hydrogens (tertiary/aromatic N) is 1. The Morgan fingerprint density at radius 2 is 1.87 bits per heavy atom. The number of nitrogens with one attached hydrogen (secondary N) is 1. The largest absolute Gasteiger partial charge is 0.494 e. The van der Waals surface area contributed by atoms with Gasteiger partial charge in [-0.05, 0) is 77.8 Å². The average Bonchev–Trinajstić information content (AvgIpc) is 2.73. The lowest BCUT2D eigenvalue weighted by molar-refractivity contribution is -0.145. The normalized spacial score (nSPS) is 10.7. The van der Waals surface area contributed by atoms with Gasteiger partial charge in [-0.3, -0.25) is 4.79 Å². The number of nitriles is 1. The van der Waals surface area contributed by atoms with E-state index in [0.29, 0.717) is 28.1 Å². The Balaban J connectivity index is 2.14. The molecule has 0 saturated carbocycles. The molecule has 9 heteroatoms. The molecule has 1 amide bonds. The number of esters is 1. The minimum absolute atomic E-state index is 0.114. The first kappa shape index (κ1) is 24.3. The molecule has 31 heavy (non-hydrogen) atoms. The molecule has 0 atom stereocenters. The number of benzene rings is 2. The van der Waals surface area contributed by atoms with Gasteiger partial charge in [0, 0.05) is 5.69 Å². The fourth-order valence-corrected chi connectivity index (χ4v) is 3.44. The van der Waals surface area contributed by atoms with Crippen LogP contribution in [-0.4, -0.2) is 31.7 Å². The van der Waals surface area contributed by atoms with Gasteiger partial charge < -0.3 is 19.5 Å². The molecule has 0 aliphatic heterocycles. The number of ether oxygens (including phenoxy) is 3. The van der Waals surface area contributed by atoms with Crippen LogP contribution in [0.4, 0.5) is 5.69 Å². The molecule has 0 unspecified atom stereocenters. The van der Waals surface area contributed by atoms with Crippen LogP contribution < -0.4 is 14.8 Å². The molecule has 0 saturated heterocycles. The highest BCUT2D eigenvalue weighted by Crippen LogP contribution is 2.35. The van der Waals surface area contributed by atoms with E-state index in [1.54, 1.807) is 37.3 Å². The molecule has 7 nitrogen and oxygen atoms in total. The van der Waals surface area contributed by atoms with Crippen LogP contribution in [0.15, 0.2) is 46.4 Å². The molecule has 0 fully saturated rings. The van der Waals surface area contributed by atoms with Crippen molar-refractivity contribution in [3.8, 4) is 17.6 Å². The summed E-state index contributed by atoms with van der Waals surface area (Å²) in [6.45, 7) is 4.06. The molecule has 1 N–H and O–H groups in total. The van der Waals surface area contributed by atoms with Crippen LogP contribution >= 0.6 is 27.5 Å². The molecular weight excluding hydrogens is 488 g/mol. The number of rotatable bonds is 9. The smallest absolute Gasteiger partial charge is 0.344 e. The van der Waals surface area contributed by atoms with Gasteiger partial charge in [0.25, 0.3) is 5.91 Å². The fourth-order valence-electron chi connectivity index (χ4n) is 2.45. The molecule has 0 aromatic heterocycles. The molecule has 2 aromatic rings. The number of anilines is 1. The molecule has 2 aromatic carbocycles. The van der Waals surface area contributed by atoms with Crippen molar-refractivity contribution < 1.29 is 23.8 Å². The van der Waals surface area contributed by atoms with Crippen LogP contribution in [0.2, 0.25) is 5.02 Å². The van der Waals surface area contributed by atoms with Crippen molar-refractivity contribution in [1.82, 2.24) is 0 Å². The summed E-state index contributed by atoms with van der Waals surface area (Å²) in [5, 5.41) is 12.3. The maximum Gasteiger partial charge on any atom is 0.344 e. The summed E-state index contributed by atoms with van der Waals surface area (Å²) < 4.78 is 16.0. The van der Waals surface area contributed by atoms with E-state index in [9.17, 15) is 14.9 Å². The number of halogens is 2. The summed E-state index contributed by atoms with van der Waals surface area (Å²) in [6, 6.07) is 11.8. The third-order valence-electron chi connectivity index (χ3n) is 3.76. The topological polar surface area (TPSA) is 97.7 Å². The van der Waals surface area contributed by atoms with Crippen molar-refractivity contribution in [2.45, 2.75) is 13.8 Å². The van der Waals surface area contributed by atoms with Crippen LogP contribution in [0.25, 0.3) is 6.08 Å². The molecule has 162 valence electrons. The van der Waals surface area contributed by atoms with Crippen molar-refractivity contribution in [1.29, 1.82) is 5.26 Å². The lowest BCUT2D eigenvalue weighted by atomic mass is 10.1. The fraction of sp³-hybridized carbons (Fsp3) is 0.227. The first-order valence-corrected chi connectivity index (χ1v) is 10.5. The van der Waals surface area contributed by atoms with Crippen LogP contribution in [0.1, 0.15) is 19.4 Å². The van der Waals surface area contributed by atoms with Gasteiger partial charge in [-0.25, -0.2) is 4.79 Å². The second-order valence-corrected chi connectivity index (χ2v) is 7.25. The van der Waals surface area contributed by atoms with E-state index in [4.69, 9.17) is 25.8 Å². The van der Waals surface area contributed by atoms with Gasteiger partial charge in [0.05, 0.1) is 22.7 Å². The number of carbonyl (C=O) groups excluding carboxylic acids is 2. The number of carbonyl (C=O) groups is 2. The summed E-state index contributed by atoms with van der Waals surface area (Å²) in [7, 11) is 0. The highest BCUT2D eigenvalue weighted by molar-refractivity contribution is 9.10. The van der Waals surface area contributed by atoms with E-state index in [0.717, 1.165) is 0 Å². The van der Waals surface area contributed by atoms with E-state index in [1.165, 1.54) is 12.1 Å². The number of amides is 1. The Morgan fingerprint density at radius 1 is 1.16 bits per heavy atom. The van der Waals surface area contributed by atoms with Gasteiger partial charge in [0.2, 0.25) is 0 Å². The van der Waals surface area contributed by atoms with Gasteiger partial charge in [-0.2, -0.15) is 5.26 Å². The van der Waals surface area contributed by atoms with Crippen molar-refractivity contribution in [2.24, 2.45) is 0 Å². The summed E-state index contributed by atoms with van der Waals surface area (Å²) >= 11 is 9.56. The molecule has 0 spiro atoms. The van der Waals surface area contributed by atoms with Crippen molar-refractivity contribution >= 4 is 51.2 Å². The zero-order valence-electron chi connectivity index (χ0n) is 16.9. The summed E-state index contributed by atoms with van der Waals surface area (Å²) in [5.74, 6) is -0.153. The Hall–Kier alpha value is -3.02. The number of hydrogen-bond donors (Lipinski definition) is 1. The molecule has 0 aliphatic rings. The Morgan fingerprint density at radius 3 is 2.45 bits per heavy atom. The second-order valence-electron chi connectivity index (χ2n) is 5.99. The quantitative estimate of drug-likeness (QED) is 0.292. The first-order chi connectivity index (χ1) is 14.9. The Kier molecular flexibility index (Phi) is 9.38. The molecule has 0 heterocycles. The predicted molar refractivity (Wildman–Crippen MR) is 121 cm³/mol. The third kappa shape index (κ3) is 7.31. The molecule has 0 bridgehead atoms. The lowest BCUT2D eigenvalue weighted by Gasteiger charge is -2.11. The zero-order chi connectivity index (χ0) is 22.8. The van der Waals surface area contributed by atoms with Gasteiger partial charge in [0.15, 0.2) is 12.4 Å². The number of hydrogen-bond acceptors (Lipinski definition) is 6. The monoisotopic (exact) mass is 506 g/mol. The van der Waals surface area contributed by atoms with Gasteiger partial charge in [-0.1, -0.05) is 11.6 Å². The standard InChI is InChI=1S/C22H20BrClN2O5/c1-3-29-17-7-5-16(6-8-17)26-22(28)15(12-25)9-14-10-18(23)21(19(24)11-14)31-13-20(27)30-4-2/h5-11H,3-4,13H2,1-2H3,(H,26,28)/b15-9-. The molecule has 0 radical (unpaired) electrons. The van der Waals surface area contributed by atoms with Crippen molar-refractivity contribution in [2.75, 3.05) is 25.1 Å². The lowest BCUT2D eigenvalue weighted by Crippen LogP contribution is -2.15. The summed E-state index contributed by atoms with van der Waals surface area (Å²) in [4.78, 5) is 23.9. The molecule has 0 aliphatic carbocycles. The van der Waals surface area contributed by atoms with Crippen molar-refractivity contribution in [3.05, 3.63) is 57.0 Å². The van der Waals surface area contributed by atoms with E-state index >= 15 is 0 Å². The van der Waals surface area contributed by atoms with Crippen LogP contribution in [0, 0.1) is 11.3 Å². The predicted octanol–water partition coefficient (Wildman–Crippen LogP) is 4.99. The minimum atomic E-state index is -0.568. The van der Waals surface area contributed by atoms with Gasteiger partial charge in [0.1, 0.15) is 17.4 Å². The molecular formula is C22H20BrClN2O5. The average molecular weight is 508 g/mol. The van der Waals surface area contributed by atoms with E-state index in [-0.39, 0.29) is 29.6 Å². The van der Waals surface area contributed by atoms with Gasteiger partial charge >= 0.3 is 5.97 Å². The maximum atomic E-state index is 12.5. The van der Waals surface area contributed by atoms with Crippen molar-refractivity contribution in [3.63, 3.8) is 0 Å². The second kappa shape index (κ2) is 12.0.